The molecule has 11 nitrogen and oxygen atoms in total. The second kappa shape index (κ2) is 15.3. The van der Waals surface area contributed by atoms with Crippen LogP contribution in [0.1, 0.15) is 25.3 Å². The van der Waals surface area contributed by atoms with Gasteiger partial charge in [-0.25, -0.2) is 4.98 Å². The number of piperazine rings is 1. The Bertz CT molecular complexity index is 1620. The van der Waals surface area contributed by atoms with Crippen molar-refractivity contribution in [1.82, 2.24) is 19.8 Å². The van der Waals surface area contributed by atoms with Crippen LogP contribution in [0.3, 0.4) is 0 Å². The molecule has 0 bridgehead atoms. The van der Waals surface area contributed by atoms with Crippen molar-refractivity contribution in [2.24, 2.45) is 0 Å². The largest absolute Gasteiger partial charge is 0.494 e. The van der Waals surface area contributed by atoms with Crippen LogP contribution < -0.4 is 30.5 Å². The van der Waals surface area contributed by atoms with E-state index in [1.807, 2.05) is 12.1 Å². The van der Waals surface area contributed by atoms with E-state index in [9.17, 15) is 4.57 Å². The molecule has 0 saturated carbocycles. The predicted molar refractivity (Wildman–Crippen MR) is 202 cm³/mol. The third-order valence-corrected chi connectivity index (χ3v) is 11.9. The van der Waals surface area contributed by atoms with Crippen LogP contribution in [0.2, 0.25) is 0 Å². The number of hydrogen-bond acceptors (Lipinski definition) is 11. The van der Waals surface area contributed by atoms with E-state index in [-0.39, 0.29) is 0 Å². The molecule has 48 heavy (non-hydrogen) atoms. The molecule has 0 atom stereocenters. The normalized spacial score (nSPS) is 18.6. The van der Waals surface area contributed by atoms with Gasteiger partial charge in [0.25, 0.3) is 0 Å². The lowest BCUT2D eigenvalue weighted by Crippen LogP contribution is -2.52. The average molecular weight is 742 g/mol. The molecular weight excluding hydrogens is 691 g/mol. The summed E-state index contributed by atoms with van der Waals surface area (Å²) in [5, 5.41) is 7.64. The van der Waals surface area contributed by atoms with Gasteiger partial charge in [0, 0.05) is 87.3 Å². The van der Waals surface area contributed by atoms with Gasteiger partial charge in [0.05, 0.1) is 36.2 Å². The summed E-state index contributed by atoms with van der Waals surface area (Å²) in [6, 6.07) is 11.1. The van der Waals surface area contributed by atoms with E-state index in [4.69, 9.17) is 14.5 Å². The number of nitrogens with one attached hydrogen (secondary N) is 2. The zero-order valence-corrected chi connectivity index (χ0v) is 31.4. The van der Waals surface area contributed by atoms with Gasteiger partial charge in [0.2, 0.25) is 5.95 Å². The van der Waals surface area contributed by atoms with Crippen LogP contribution in [-0.4, -0.2) is 119 Å². The van der Waals surface area contributed by atoms with Crippen LogP contribution in [-0.2, 0) is 15.7 Å². The van der Waals surface area contributed by atoms with Crippen molar-refractivity contribution in [3.05, 3.63) is 46.6 Å². The second-order valence-corrected chi connectivity index (χ2v) is 17.4. The van der Waals surface area contributed by atoms with Crippen LogP contribution >= 0.6 is 23.1 Å². The summed E-state index contributed by atoms with van der Waals surface area (Å²) in [5.74, 6) is 1.77. The average Bonchev–Trinajstić information content (AvgIpc) is 3.10. The Hall–Kier alpha value is -2.89. The number of aromatic nitrogens is 2. The number of rotatable bonds is 10. The van der Waals surface area contributed by atoms with E-state index in [0.717, 1.165) is 73.8 Å². The third kappa shape index (κ3) is 8.11. The van der Waals surface area contributed by atoms with E-state index >= 15 is 0 Å². The van der Waals surface area contributed by atoms with Gasteiger partial charge in [-0.2, -0.15) is 4.98 Å². The monoisotopic (exact) mass is 740 g/mol. The molecule has 13 heteroatoms. The first-order valence-electron chi connectivity index (χ1n) is 17.1. The summed E-state index contributed by atoms with van der Waals surface area (Å²) in [7, 11) is 1.31. The number of piperidine rings is 1. The van der Waals surface area contributed by atoms with Gasteiger partial charge in [0.1, 0.15) is 18.7 Å². The van der Waals surface area contributed by atoms with E-state index < -0.39 is 7.14 Å². The number of anilines is 6. The van der Waals surface area contributed by atoms with Crippen LogP contribution in [0.5, 0.6) is 5.75 Å². The molecule has 0 amide bonds. The maximum atomic E-state index is 13.5. The molecule has 4 heterocycles. The number of methoxy groups -OCH3 is 1. The first-order valence-corrected chi connectivity index (χ1v) is 20.5. The summed E-state index contributed by atoms with van der Waals surface area (Å²) in [6.07, 6.45) is 4.99. The minimum Gasteiger partial charge on any atom is -0.494 e. The molecule has 3 aliphatic rings. The van der Waals surface area contributed by atoms with Crippen LogP contribution in [0.25, 0.3) is 0 Å². The van der Waals surface area contributed by atoms with Gasteiger partial charge in [-0.1, -0.05) is 6.92 Å². The number of halogens is 1. The minimum absolute atomic E-state index is 0.435. The molecule has 3 fully saturated rings. The summed E-state index contributed by atoms with van der Waals surface area (Å²) in [6.45, 7) is 15.6. The van der Waals surface area contributed by atoms with Crippen LogP contribution in [0.15, 0.2) is 41.0 Å². The van der Waals surface area contributed by atoms with Gasteiger partial charge in [-0.05, 0) is 85.4 Å². The lowest BCUT2D eigenvalue weighted by Gasteiger charge is -2.43. The SMILES string of the molecule is CCc1cc(Nc2ncc(Br)c(Nc3ccc(N4CCOCC4)cc3P(C)(C)=O)n2)c(OC)cc1N1CCC(N2CCN(C)CC2)CC1. The van der Waals surface area contributed by atoms with Crippen molar-refractivity contribution in [3.63, 3.8) is 0 Å². The molecule has 0 unspecified atom stereocenters. The van der Waals surface area contributed by atoms with E-state index in [0.29, 0.717) is 35.5 Å². The molecular formula is C35H50BrN8O3P. The van der Waals surface area contributed by atoms with Crippen molar-refractivity contribution < 1.29 is 14.0 Å². The van der Waals surface area contributed by atoms with Gasteiger partial charge in [0.15, 0.2) is 0 Å². The Balaban J connectivity index is 1.19. The van der Waals surface area contributed by atoms with Crippen molar-refractivity contribution in [3.8, 4) is 5.75 Å². The minimum atomic E-state index is -2.62. The number of benzene rings is 2. The van der Waals surface area contributed by atoms with E-state index in [2.05, 4.69) is 83.3 Å². The molecule has 0 aliphatic carbocycles. The van der Waals surface area contributed by atoms with E-state index in [1.54, 1.807) is 26.6 Å². The molecule has 6 rings (SSSR count). The lowest BCUT2D eigenvalue weighted by atomic mass is 9.99. The standard InChI is InChI=1S/C35H50BrN8O3P/c1-6-25-21-30(32(46-3)23-31(25)44-11-9-26(10-12-44)42-15-13-41(2)14-16-42)39-35-37-24-28(36)34(40-35)38-29-8-7-27(22-33(29)48(4,5)45)43-17-19-47-20-18-43/h7-8,21-24,26H,6,9-20H2,1-5H3,(H2,37,38,39,40). The molecule has 3 aliphatic heterocycles. The highest BCUT2D eigenvalue weighted by Crippen LogP contribution is 2.41. The lowest BCUT2D eigenvalue weighted by molar-refractivity contribution is 0.0982. The molecule has 3 saturated heterocycles. The first kappa shape index (κ1) is 35.0. The number of nitrogens with zero attached hydrogens (tertiary/aromatic N) is 6. The number of hydrogen-bond donors (Lipinski definition) is 2. The molecule has 2 aromatic carbocycles. The van der Waals surface area contributed by atoms with E-state index in [1.165, 1.54) is 37.2 Å². The van der Waals surface area contributed by atoms with Crippen molar-refractivity contribution >= 4 is 62.9 Å². The zero-order valence-electron chi connectivity index (χ0n) is 29.0. The Labute approximate surface area is 293 Å². The molecule has 3 aromatic rings. The maximum absolute atomic E-state index is 13.5. The van der Waals surface area contributed by atoms with Crippen LogP contribution in [0.4, 0.5) is 34.5 Å². The Morgan fingerprint density at radius 2 is 1.69 bits per heavy atom. The highest BCUT2D eigenvalue weighted by atomic mass is 79.9. The Morgan fingerprint density at radius 3 is 2.35 bits per heavy atom. The van der Waals surface area contributed by atoms with Crippen molar-refractivity contribution in [2.75, 3.05) is 113 Å². The molecule has 0 spiro atoms. The highest BCUT2D eigenvalue weighted by molar-refractivity contribution is 9.10. The smallest absolute Gasteiger partial charge is 0.229 e. The second-order valence-electron chi connectivity index (χ2n) is 13.4. The summed E-state index contributed by atoms with van der Waals surface area (Å²) < 4.78 is 25.6. The number of aryl methyl sites for hydroxylation is 1. The fourth-order valence-electron chi connectivity index (χ4n) is 6.97. The van der Waals surface area contributed by atoms with Crippen LogP contribution in [0, 0.1) is 0 Å². The van der Waals surface area contributed by atoms with Gasteiger partial charge >= 0.3 is 0 Å². The third-order valence-electron chi connectivity index (χ3n) is 9.82. The Morgan fingerprint density at radius 1 is 0.958 bits per heavy atom. The molecule has 1 aromatic heterocycles. The van der Waals surface area contributed by atoms with Gasteiger partial charge in [-0.15, -0.1) is 0 Å². The molecule has 260 valence electrons. The number of morpholine rings is 1. The van der Waals surface area contributed by atoms with Gasteiger partial charge < -0.3 is 39.4 Å². The topological polar surface area (TPSA) is 98.3 Å². The van der Waals surface area contributed by atoms with Crippen molar-refractivity contribution in [1.29, 1.82) is 0 Å². The quantitative estimate of drug-likeness (QED) is 0.255. The molecule has 2 N–H and O–H groups in total. The first-order chi connectivity index (χ1) is 23.1. The Kier molecular flexibility index (Phi) is 11.2. The fourth-order valence-corrected chi connectivity index (χ4v) is 8.41. The summed E-state index contributed by atoms with van der Waals surface area (Å²) >= 11 is 3.62. The summed E-state index contributed by atoms with van der Waals surface area (Å²) in [5.41, 5.74) is 5.14. The summed E-state index contributed by atoms with van der Waals surface area (Å²) in [4.78, 5) is 19.3. The maximum Gasteiger partial charge on any atom is 0.229 e. The van der Waals surface area contributed by atoms with Gasteiger partial charge in [-0.3, -0.25) is 4.90 Å². The highest BCUT2D eigenvalue weighted by Gasteiger charge is 2.28. The fraction of sp³-hybridized carbons (Fsp3) is 0.543. The number of ether oxygens (including phenoxy) is 2. The predicted octanol–water partition coefficient (Wildman–Crippen LogP) is 5.60. The zero-order chi connectivity index (χ0) is 33.8. The number of likely N-dealkylation sites (N-methyl/N-ethyl adjacent to an activating group) is 1. The molecule has 0 radical (unpaired) electrons. The van der Waals surface area contributed by atoms with Crippen molar-refractivity contribution in [2.45, 2.75) is 32.2 Å².